The number of nitrogens with zero attached hydrogens (tertiary/aromatic N) is 1. The van der Waals surface area contributed by atoms with Crippen LogP contribution in [0.4, 0.5) is 0 Å². The molecule has 3 amide bonds. The summed E-state index contributed by atoms with van der Waals surface area (Å²) in [5.74, 6) is -3.49. The summed E-state index contributed by atoms with van der Waals surface area (Å²) in [4.78, 5) is 55.1. The highest BCUT2D eigenvalue weighted by Gasteiger charge is 2.28. The molecule has 0 bridgehead atoms. The normalized spacial score (nSPS) is 14.4. The van der Waals surface area contributed by atoms with Crippen molar-refractivity contribution >= 4 is 23.7 Å². The van der Waals surface area contributed by atoms with E-state index in [2.05, 4.69) is 25.9 Å². The molecule has 0 aliphatic carbocycles. The molecule has 0 saturated carbocycles. The third-order valence-electron chi connectivity index (χ3n) is 4.80. The van der Waals surface area contributed by atoms with Crippen molar-refractivity contribution in [1.29, 1.82) is 0 Å². The van der Waals surface area contributed by atoms with Gasteiger partial charge < -0.3 is 36.9 Å². The summed E-state index contributed by atoms with van der Waals surface area (Å²) in [6, 6.07) is 4.45. The number of benzene rings is 1. The molecule has 33 heavy (non-hydrogen) atoms. The van der Waals surface area contributed by atoms with Crippen LogP contribution in [0.5, 0.6) is 0 Å². The predicted octanol–water partition coefficient (Wildman–Crippen LogP) is -1.93. The average molecular weight is 460 g/mol. The average Bonchev–Trinajstić information content (AvgIpc) is 3.30. The van der Waals surface area contributed by atoms with Crippen LogP contribution in [0.2, 0.25) is 0 Å². The van der Waals surface area contributed by atoms with Gasteiger partial charge in [0.25, 0.3) is 0 Å². The SMILES string of the molecule is CC(NC(=O)C(N)Cc1ccccc1)C(=O)NC(CO)C(=O)NC(Cc1cnc[nH]1)C(=O)O. The van der Waals surface area contributed by atoms with E-state index in [1.165, 1.54) is 19.4 Å². The Labute approximate surface area is 190 Å². The second kappa shape index (κ2) is 12.3. The molecule has 0 saturated heterocycles. The van der Waals surface area contributed by atoms with Crippen LogP contribution in [-0.4, -0.2) is 74.6 Å². The van der Waals surface area contributed by atoms with Crippen molar-refractivity contribution in [3.8, 4) is 0 Å². The van der Waals surface area contributed by atoms with Crippen molar-refractivity contribution in [3.63, 3.8) is 0 Å². The lowest BCUT2D eigenvalue weighted by molar-refractivity contribution is -0.142. The van der Waals surface area contributed by atoms with Crippen LogP contribution in [0.1, 0.15) is 18.2 Å². The van der Waals surface area contributed by atoms with Crippen LogP contribution >= 0.6 is 0 Å². The number of carboxylic acid groups (broad SMARTS) is 1. The monoisotopic (exact) mass is 460 g/mol. The Balaban J connectivity index is 1.89. The first-order valence-corrected chi connectivity index (χ1v) is 10.2. The van der Waals surface area contributed by atoms with E-state index in [1.54, 1.807) is 0 Å². The smallest absolute Gasteiger partial charge is 0.326 e. The van der Waals surface area contributed by atoms with E-state index in [1.807, 2.05) is 30.3 Å². The molecule has 0 spiro atoms. The number of hydrogen-bond donors (Lipinski definition) is 7. The molecule has 12 nitrogen and oxygen atoms in total. The second-order valence-corrected chi connectivity index (χ2v) is 7.45. The molecule has 12 heteroatoms. The maximum atomic E-state index is 12.4. The summed E-state index contributed by atoms with van der Waals surface area (Å²) >= 11 is 0. The number of aliphatic hydroxyl groups excluding tert-OH is 1. The molecule has 178 valence electrons. The Morgan fingerprint density at radius 3 is 2.24 bits per heavy atom. The molecule has 4 unspecified atom stereocenters. The number of aromatic amines is 1. The van der Waals surface area contributed by atoms with Gasteiger partial charge in [-0.15, -0.1) is 0 Å². The van der Waals surface area contributed by atoms with E-state index in [4.69, 9.17) is 5.73 Å². The fraction of sp³-hybridized carbons (Fsp3) is 0.381. The number of rotatable bonds is 12. The summed E-state index contributed by atoms with van der Waals surface area (Å²) in [5.41, 5.74) is 7.24. The number of aromatic nitrogens is 2. The number of carbonyl (C=O) groups excluding carboxylic acids is 3. The molecule has 0 radical (unpaired) electrons. The van der Waals surface area contributed by atoms with Crippen molar-refractivity contribution in [2.45, 2.75) is 43.9 Å². The summed E-state index contributed by atoms with van der Waals surface area (Å²) in [7, 11) is 0. The lowest BCUT2D eigenvalue weighted by atomic mass is 10.1. The van der Waals surface area contributed by atoms with Crippen LogP contribution in [0.15, 0.2) is 42.9 Å². The first-order valence-electron chi connectivity index (χ1n) is 10.2. The van der Waals surface area contributed by atoms with Gasteiger partial charge in [0, 0.05) is 18.3 Å². The molecule has 8 N–H and O–H groups in total. The zero-order valence-electron chi connectivity index (χ0n) is 18.0. The van der Waals surface area contributed by atoms with Gasteiger partial charge in [-0.05, 0) is 18.9 Å². The molecule has 0 aliphatic heterocycles. The molecule has 4 atom stereocenters. The Hall–Kier alpha value is -3.77. The summed E-state index contributed by atoms with van der Waals surface area (Å²) in [5, 5.41) is 25.9. The van der Waals surface area contributed by atoms with Crippen molar-refractivity contribution < 1.29 is 29.4 Å². The minimum Gasteiger partial charge on any atom is -0.480 e. The molecular formula is C21H28N6O6. The first kappa shape index (κ1) is 25.5. The Morgan fingerprint density at radius 2 is 1.67 bits per heavy atom. The number of amides is 3. The maximum absolute atomic E-state index is 12.4. The third-order valence-corrected chi connectivity index (χ3v) is 4.80. The van der Waals surface area contributed by atoms with Crippen molar-refractivity contribution in [2.75, 3.05) is 6.61 Å². The molecule has 0 fully saturated rings. The second-order valence-electron chi connectivity index (χ2n) is 7.45. The fourth-order valence-corrected chi connectivity index (χ4v) is 2.93. The van der Waals surface area contributed by atoms with Gasteiger partial charge in [0.05, 0.1) is 19.0 Å². The van der Waals surface area contributed by atoms with Crippen molar-refractivity contribution in [3.05, 3.63) is 54.1 Å². The van der Waals surface area contributed by atoms with E-state index in [-0.39, 0.29) is 12.8 Å². The maximum Gasteiger partial charge on any atom is 0.326 e. The van der Waals surface area contributed by atoms with E-state index >= 15 is 0 Å². The van der Waals surface area contributed by atoms with E-state index < -0.39 is 54.5 Å². The first-order chi connectivity index (χ1) is 15.7. The molecule has 1 aromatic carbocycles. The quantitative estimate of drug-likeness (QED) is 0.190. The lowest BCUT2D eigenvalue weighted by Gasteiger charge is -2.22. The van der Waals surface area contributed by atoms with Gasteiger partial charge in [-0.2, -0.15) is 0 Å². The minimum absolute atomic E-state index is 0.0705. The number of carboxylic acids is 1. The molecule has 2 aromatic rings. The number of hydrogen-bond acceptors (Lipinski definition) is 7. The van der Waals surface area contributed by atoms with Crippen molar-refractivity contribution in [2.24, 2.45) is 5.73 Å². The van der Waals surface area contributed by atoms with E-state index in [0.717, 1.165) is 5.56 Å². The summed E-state index contributed by atoms with van der Waals surface area (Å²) in [6.45, 7) is 0.620. The van der Waals surface area contributed by atoms with E-state index in [0.29, 0.717) is 5.69 Å². The molecule has 0 aliphatic rings. The van der Waals surface area contributed by atoms with Gasteiger partial charge in [0.1, 0.15) is 18.1 Å². The van der Waals surface area contributed by atoms with Crippen LogP contribution in [0.25, 0.3) is 0 Å². The molecule has 2 rings (SSSR count). The van der Waals surface area contributed by atoms with Gasteiger partial charge in [-0.25, -0.2) is 9.78 Å². The zero-order valence-corrected chi connectivity index (χ0v) is 18.0. The fourth-order valence-electron chi connectivity index (χ4n) is 2.93. The minimum atomic E-state index is -1.42. The Morgan fingerprint density at radius 1 is 1.00 bits per heavy atom. The van der Waals surface area contributed by atoms with Gasteiger partial charge in [0.15, 0.2) is 0 Å². The number of H-pyrrole nitrogens is 1. The number of aliphatic hydroxyl groups is 1. The molecule has 1 aromatic heterocycles. The standard InChI is InChI=1S/C21H28N6O6/c1-12(25-19(30)15(22)7-13-5-3-2-4-6-13)18(29)27-17(10-28)20(31)26-16(21(32)33)8-14-9-23-11-24-14/h2-6,9,11-12,15-17,28H,7-8,10,22H2,1H3,(H,23,24)(H,25,30)(H,26,31)(H,27,29)(H,32,33). The topological polar surface area (TPSA) is 200 Å². The Kier molecular flexibility index (Phi) is 9.51. The zero-order chi connectivity index (χ0) is 24.4. The van der Waals surface area contributed by atoms with Gasteiger partial charge in [0.2, 0.25) is 17.7 Å². The van der Waals surface area contributed by atoms with Gasteiger partial charge in [-0.1, -0.05) is 30.3 Å². The summed E-state index contributed by atoms with van der Waals surface area (Å²) in [6.07, 6.45) is 2.99. The Bertz CT molecular complexity index is 936. The molecule has 1 heterocycles. The van der Waals surface area contributed by atoms with Gasteiger partial charge >= 0.3 is 5.97 Å². The van der Waals surface area contributed by atoms with Crippen LogP contribution in [0, 0.1) is 0 Å². The number of aliphatic carboxylic acids is 1. The predicted molar refractivity (Wildman–Crippen MR) is 117 cm³/mol. The number of nitrogens with two attached hydrogens (primary N) is 1. The van der Waals surface area contributed by atoms with Crippen LogP contribution < -0.4 is 21.7 Å². The molecular weight excluding hydrogens is 432 g/mol. The van der Waals surface area contributed by atoms with Gasteiger partial charge in [-0.3, -0.25) is 14.4 Å². The summed E-state index contributed by atoms with van der Waals surface area (Å²) < 4.78 is 0. The number of nitrogens with one attached hydrogen (secondary N) is 4. The number of imidazole rings is 1. The van der Waals surface area contributed by atoms with E-state index in [9.17, 15) is 29.4 Å². The third kappa shape index (κ3) is 8.01. The number of carbonyl (C=O) groups is 4. The largest absolute Gasteiger partial charge is 0.480 e. The lowest BCUT2D eigenvalue weighted by Crippen LogP contribution is -2.57. The van der Waals surface area contributed by atoms with Crippen LogP contribution in [0.3, 0.4) is 0 Å². The highest BCUT2D eigenvalue weighted by molar-refractivity contribution is 5.94. The van der Waals surface area contributed by atoms with Crippen molar-refractivity contribution in [1.82, 2.24) is 25.9 Å². The van der Waals surface area contributed by atoms with Crippen LogP contribution in [-0.2, 0) is 32.0 Å². The highest BCUT2D eigenvalue weighted by atomic mass is 16.4. The highest BCUT2D eigenvalue weighted by Crippen LogP contribution is 2.03.